The molecule has 0 bridgehead atoms. The number of nitrogens with one attached hydrogen (secondary N) is 1. The summed E-state index contributed by atoms with van der Waals surface area (Å²) in [6, 6.07) is 0. The molecule has 0 unspecified atom stereocenters. The molecule has 0 aliphatic heterocycles. The third-order valence-electron chi connectivity index (χ3n) is 2.58. The van der Waals surface area contributed by atoms with Gasteiger partial charge in [0.05, 0.1) is 6.61 Å². The highest BCUT2D eigenvalue weighted by molar-refractivity contribution is 7.99. The Hall–Kier alpha value is -0.480. The van der Waals surface area contributed by atoms with Gasteiger partial charge in [0.25, 0.3) is 5.82 Å². The SMILES string of the molecule is CCCSCCCc1[nH]cc[n+]1CCOCC. The van der Waals surface area contributed by atoms with Crippen LogP contribution in [0.3, 0.4) is 0 Å². The van der Waals surface area contributed by atoms with Crippen LogP contribution in [0.1, 0.15) is 32.5 Å². The zero-order valence-corrected chi connectivity index (χ0v) is 11.9. The highest BCUT2D eigenvalue weighted by Crippen LogP contribution is 2.06. The molecule has 17 heavy (non-hydrogen) atoms. The van der Waals surface area contributed by atoms with Crippen molar-refractivity contribution < 1.29 is 9.30 Å². The number of rotatable bonds is 10. The molecular formula is C13H25N2OS+. The third kappa shape index (κ3) is 6.13. The molecule has 1 aromatic rings. The minimum atomic E-state index is 0.800. The summed E-state index contributed by atoms with van der Waals surface area (Å²) in [5, 5.41) is 0. The van der Waals surface area contributed by atoms with Gasteiger partial charge >= 0.3 is 0 Å². The van der Waals surface area contributed by atoms with E-state index in [1.54, 1.807) is 0 Å². The van der Waals surface area contributed by atoms with E-state index in [1.165, 1.54) is 30.2 Å². The molecular weight excluding hydrogens is 232 g/mol. The van der Waals surface area contributed by atoms with Gasteiger partial charge in [-0.15, -0.1) is 0 Å². The Kier molecular flexibility index (Phi) is 8.18. The fourth-order valence-electron chi connectivity index (χ4n) is 1.72. The molecule has 1 N–H and O–H groups in total. The molecule has 1 aromatic heterocycles. The van der Waals surface area contributed by atoms with Crippen LogP contribution in [0, 0.1) is 0 Å². The van der Waals surface area contributed by atoms with Crippen LogP contribution >= 0.6 is 11.8 Å². The minimum Gasteiger partial charge on any atom is -0.378 e. The Morgan fingerprint density at radius 1 is 1.35 bits per heavy atom. The molecule has 0 radical (unpaired) electrons. The molecule has 1 rings (SSSR count). The van der Waals surface area contributed by atoms with E-state index in [2.05, 4.69) is 34.4 Å². The normalized spacial score (nSPS) is 10.9. The molecule has 0 saturated carbocycles. The van der Waals surface area contributed by atoms with Gasteiger partial charge < -0.3 is 4.74 Å². The summed E-state index contributed by atoms with van der Waals surface area (Å²) in [5.74, 6) is 3.87. The Bertz CT molecular complexity index is 289. The zero-order chi connectivity index (χ0) is 12.3. The van der Waals surface area contributed by atoms with Crippen LogP contribution in [-0.4, -0.2) is 29.7 Å². The van der Waals surface area contributed by atoms with Crippen LogP contribution in [0.15, 0.2) is 12.4 Å². The molecule has 0 amide bonds. The molecule has 1 heterocycles. The highest BCUT2D eigenvalue weighted by Gasteiger charge is 2.09. The lowest BCUT2D eigenvalue weighted by Crippen LogP contribution is -2.38. The second-order valence-electron chi connectivity index (χ2n) is 4.01. The number of H-pyrrole nitrogens is 1. The van der Waals surface area contributed by atoms with E-state index in [0.29, 0.717) is 0 Å². The van der Waals surface area contributed by atoms with E-state index >= 15 is 0 Å². The lowest BCUT2D eigenvalue weighted by molar-refractivity contribution is -0.704. The number of nitrogens with zero attached hydrogens (tertiary/aromatic N) is 1. The summed E-state index contributed by atoms with van der Waals surface area (Å²) in [6.07, 6.45) is 7.78. The van der Waals surface area contributed by atoms with E-state index in [0.717, 1.165) is 26.2 Å². The van der Waals surface area contributed by atoms with Gasteiger partial charge in [-0.1, -0.05) is 6.92 Å². The van der Waals surface area contributed by atoms with Crippen LogP contribution in [0.4, 0.5) is 0 Å². The van der Waals surface area contributed by atoms with Crippen molar-refractivity contribution in [2.24, 2.45) is 0 Å². The molecule has 0 saturated heterocycles. The molecule has 0 aromatic carbocycles. The molecule has 3 nitrogen and oxygen atoms in total. The van der Waals surface area contributed by atoms with Gasteiger partial charge in [-0.05, 0) is 31.3 Å². The van der Waals surface area contributed by atoms with Crippen LogP contribution in [0.2, 0.25) is 0 Å². The van der Waals surface area contributed by atoms with Gasteiger partial charge in [0, 0.05) is 13.0 Å². The Labute approximate surface area is 109 Å². The number of aryl methyl sites for hydroxylation is 1. The van der Waals surface area contributed by atoms with E-state index in [1.807, 2.05) is 13.1 Å². The summed E-state index contributed by atoms with van der Waals surface area (Å²) in [6.45, 7) is 6.83. The molecule has 0 fully saturated rings. The zero-order valence-electron chi connectivity index (χ0n) is 11.1. The summed E-state index contributed by atoms with van der Waals surface area (Å²) in [7, 11) is 0. The second kappa shape index (κ2) is 9.54. The summed E-state index contributed by atoms with van der Waals surface area (Å²) < 4.78 is 7.64. The average molecular weight is 257 g/mol. The van der Waals surface area contributed by atoms with Crippen molar-refractivity contribution in [2.75, 3.05) is 24.7 Å². The Morgan fingerprint density at radius 2 is 2.24 bits per heavy atom. The maximum atomic E-state index is 5.38. The van der Waals surface area contributed by atoms with Gasteiger partial charge in [-0.3, -0.25) is 0 Å². The number of aromatic amines is 1. The predicted octanol–water partition coefficient (Wildman–Crippen LogP) is 2.41. The number of imidazole rings is 1. The first kappa shape index (κ1) is 14.6. The van der Waals surface area contributed by atoms with Crippen LogP contribution in [0.5, 0.6) is 0 Å². The van der Waals surface area contributed by atoms with Gasteiger partial charge in [-0.2, -0.15) is 11.8 Å². The fraction of sp³-hybridized carbons (Fsp3) is 0.769. The molecule has 0 spiro atoms. The first-order chi connectivity index (χ1) is 8.38. The van der Waals surface area contributed by atoms with E-state index in [9.17, 15) is 0 Å². The standard InChI is InChI=1S/C13H24N2OS/c1-3-11-17-12-5-6-13-14-7-8-15(13)9-10-16-4-2/h7-8H,3-6,9-12H2,1-2H3/p+1. The van der Waals surface area contributed by atoms with Crippen molar-refractivity contribution in [1.29, 1.82) is 0 Å². The predicted molar refractivity (Wildman–Crippen MR) is 73.4 cm³/mol. The molecule has 0 atom stereocenters. The average Bonchev–Trinajstić information content (AvgIpc) is 2.77. The molecule has 0 aliphatic carbocycles. The van der Waals surface area contributed by atoms with E-state index in [-0.39, 0.29) is 0 Å². The topological polar surface area (TPSA) is 28.9 Å². The largest absolute Gasteiger partial charge is 0.378 e. The summed E-state index contributed by atoms with van der Waals surface area (Å²) >= 11 is 2.05. The van der Waals surface area contributed by atoms with Crippen molar-refractivity contribution in [1.82, 2.24) is 4.98 Å². The van der Waals surface area contributed by atoms with Gasteiger partial charge in [0.1, 0.15) is 18.9 Å². The van der Waals surface area contributed by atoms with Crippen molar-refractivity contribution in [3.8, 4) is 0 Å². The van der Waals surface area contributed by atoms with Crippen LogP contribution in [-0.2, 0) is 17.7 Å². The highest BCUT2D eigenvalue weighted by atomic mass is 32.2. The monoisotopic (exact) mass is 257 g/mol. The molecule has 0 aliphatic rings. The van der Waals surface area contributed by atoms with Gasteiger partial charge in [-0.25, -0.2) is 9.55 Å². The Morgan fingerprint density at radius 3 is 3.00 bits per heavy atom. The van der Waals surface area contributed by atoms with Crippen molar-refractivity contribution in [2.45, 2.75) is 39.7 Å². The maximum absolute atomic E-state index is 5.38. The number of ether oxygens (including phenoxy) is 1. The van der Waals surface area contributed by atoms with Crippen molar-refractivity contribution in [3.05, 3.63) is 18.2 Å². The quantitative estimate of drug-likeness (QED) is 0.515. The van der Waals surface area contributed by atoms with Crippen LogP contribution in [0.25, 0.3) is 0 Å². The van der Waals surface area contributed by atoms with E-state index in [4.69, 9.17) is 4.74 Å². The number of aromatic nitrogens is 2. The first-order valence-electron chi connectivity index (χ1n) is 6.59. The third-order valence-corrected chi connectivity index (χ3v) is 3.86. The second-order valence-corrected chi connectivity index (χ2v) is 5.24. The number of thioether (sulfide) groups is 1. The summed E-state index contributed by atoms with van der Waals surface area (Å²) in [4.78, 5) is 3.32. The number of hydrogen-bond donors (Lipinski definition) is 1. The lowest BCUT2D eigenvalue weighted by Gasteiger charge is -2.02. The maximum Gasteiger partial charge on any atom is 0.254 e. The summed E-state index contributed by atoms with van der Waals surface area (Å²) in [5.41, 5.74) is 0. The molecule has 4 heteroatoms. The van der Waals surface area contributed by atoms with Gasteiger partial charge in [0.2, 0.25) is 0 Å². The van der Waals surface area contributed by atoms with Gasteiger partial charge in [0.15, 0.2) is 0 Å². The smallest absolute Gasteiger partial charge is 0.254 e. The minimum absolute atomic E-state index is 0.800. The number of hydrogen-bond acceptors (Lipinski definition) is 2. The lowest BCUT2D eigenvalue weighted by atomic mass is 10.3. The van der Waals surface area contributed by atoms with E-state index < -0.39 is 0 Å². The van der Waals surface area contributed by atoms with Crippen LogP contribution < -0.4 is 4.57 Å². The fourth-order valence-corrected chi connectivity index (χ4v) is 2.56. The first-order valence-corrected chi connectivity index (χ1v) is 7.75. The molecule has 98 valence electrons. The van der Waals surface area contributed by atoms with Crippen molar-refractivity contribution >= 4 is 11.8 Å². The Balaban J connectivity index is 2.20. The van der Waals surface area contributed by atoms with Crippen molar-refractivity contribution in [3.63, 3.8) is 0 Å².